The summed E-state index contributed by atoms with van der Waals surface area (Å²) in [4.78, 5) is 21.4. The number of carbonyl (C=O) groups is 1. The van der Waals surface area contributed by atoms with Crippen molar-refractivity contribution in [2.45, 2.75) is 17.9 Å². The topological polar surface area (TPSA) is 66.9 Å². The maximum atomic E-state index is 12.9. The summed E-state index contributed by atoms with van der Waals surface area (Å²) in [6, 6.07) is 21.9. The monoisotopic (exact) mass is 468 g/mol. The summed E-state index contributed by atoms with van der Waals surface area (Å²) in [5.74, 6) is 0.146. The molecule has 1 aromatic heterocycles. The minimum atomic E-state index is -4.47. The number of nitrogens with zero attached hydrogens (tertiary/aromatic N) is 2. The Morgan fingerprint density at radius 2 is 1.67 bits per heavy atom. The maximum Gasteiger partial charge on any atom is 0.416 e. The van der Waals surface area contributed by atoms with Crippen molar-refractivity contribution < 1.29 is 18.0 Å². The van der Waals surface area contributed by atoms with E-state index >= 15 is 0 Å². The highest BCUT2D eigenvalue weighted by Crippen LogP contribution is 2.31. The molecule has 0 aliphatic rings. The van der Waals surface area contributed by atoms with Crippen LogP contribution in [0.5, 0.6) is 0 Å². The van der Waals surface area contributed by atoms with Crippen LogP contribution in [0.1, 0.15) is 11.1 Å². The van der Waals surface area contributed by atoms with E-state index in [0.29, 0.717) is 17.5 Å². The van der Waals surface area contributed by atoms with E-state index in [-0.39, 0.29) is 11.4 Å². The Hall–Kier alpha value is -3.59. The fourth-order valence-electron chi connectivity index (χ4n) is 3.14. The number of hydrogen-bond donors (Lipinski definition) is 2. The molecule has 0 aliphatic heterocycles. The number of para-hydroxylation sites is 1. The average molecular weight is 469 g/mol. The van der Waals surface area contributed by atoms with E-state index in [1.807, 2.05) is 54.6 Å². The van der Waals surface area contributed by atoms with Gasteiger partial charge in [0.2, 0.25) is 5.91 Å². The van der Waals surface area contributed by atoms with Crippen LogP contribution in [0.25, 0.3) is 10.9 Å². The molecule has 0 spiro atoms. The van der Waals surface area contributed by atoms with Crippen LogP contribution in [-0.2, 0) is 17.5 Å². The lowest BCUT2D eigenvalue weighted by Crippen LogP contribution is -2.15. The molecular formula is C24H19F3N4OS. The zero-order chi connectivity index (χ0) is 23.3. The molecule has 168 valence electrons. The van der Waals surface area contributed by atoms with Crippen molar-refractivity contribution in [1.82, 2.24) is 9.97 Å². The fraction of sp³-hybridized carbons (Fsp3) is 0.125. The molecule has 0 fully saturated rings. The Balaban J connectivity index is 1.45. The number of thioether (sulfide) groups is 1. The largest absolute Gasteiger partial charge is 0.416 e. The number of nitrogens with one attached hydrogen (secondary N) is 2. The van der Waals surface area contributed by atoms with E-state index < -0.39 is 17.6 Å². The standard InChI is InChI=1S/C24H19F3N4OS/c25-24(26,27)17-9-6-10-18(13-17)29-21(32)15-33-23-30-20-12-5-4-11-19(20)22(31-23)28-14-16-7-2-1-3-8-16/h1-13H,14-15H2,(H,29,32)(H,28,30,31). The van der Waals surface area contributed by atoms with Crippen LogP contribution in [0.2, 0.25) is 0 Å². The molecule has 1 heterocycles. The third-order valence-corrected chi connectivity index (χ3v) is 5.54. The Labute approximate surface area is 192 Å². The van der Waals surface area contributed by atoms with Crippen molar-refractivity contribution in [3.63, 3.8) is 0 Å². The first kappa shape index (κ1) is 22.6. The van der Waals surface area contributed by atoms with Crippen LogP contribution in [0.4, 0.5) is 24.7 Å². The molecule has 0 saturated carbocycles. The summed E-state index contributed by atoms with van der Waals surface area (Å²) in [6.07, 6.45) is -4.47. The van der Waals surface area contributed by atoms with Crippen LogP contribution in [0, 0.1) is 0 Å². The van der Waals surface area contributed by atoms with E-state index in [4.69, 9.17) is 0 Å². The zero-order valence-corrected chi connectivity index (χ0v) is 18.1. The van der Waals surface area contributed by atoms with E-state index in [9.17, 15) is 18.0 Å². The van der Waals surface area contributed by atoms with Gasteiger partial charge in [0.15, 0.2) is 5.16 Å². The van der Waals surface area contributed by atoms with Gasteiger partial charge in [-0.05, 0) is 35.9 Å². The number of aromatic nitrogens is 2. The van der Waals surface area contributed by atoms with Crippen molar-refractivity contribution in [3.05, 3.63) is 90.0 Å². The number of hydrogen-bond acceptors (Lipinski definition) is 5. The molecular weight excluding hydrogens is 449 g/mol. The van der Waals surface area contributed by atoms with E-state index in [0.717, 1.165) is 40.4 Å². The van der Waals surface area contributed by atoms with Gasteiger partial charge in [-0.15, -0.1) is 0 Å². The van der Waals surface area contributed by atoms with Gasteiger partial charge < -0.3 is 10.6 Å². The van der Waals surface area contributed by atoms with Crippen molar-refractivity contribution >= 4 is 40.1 Å². The van der Waals surface area contributed by atoms with E-state index in [1.165, 1.54) is 12.1 Å². The van der Waals surface area contributed by atoms with Crippen LogP contribution >= 0.6 is 11.8 Å². The van der Waals surface area contributed by atoms with Gasteiger partial charge in [0.05, 0.1) is 16.8 Å². The predicted octanol–water partition coefficient (Wildman–Crippen LogP) is 5.99. The highest BCUT2D eigenvalue weighted by Gasteiger charge is 2.30. The molecule has 0 bridgehead atoms. The van der Waals surface area contributed by atoms with Gasteiger partial charge in [0, 0.05) is 17.6 Å². The summed E-state index contributed by atoms with van der Waals surface area (Å²) < 4.78 is 38.6. The lowest BCUT2D eigenvalue weighted by atomic mass is 10.2. The third-order valence-electron chi connectivity index (χ3n) is 4.69. The van der Waals surface area contributed by atoms with Gasteiger partial charge in [-0.2, -0.15) is 13.2 Å². The molecule has 9 heteroatoms. The van der Waals surface area contributed by atoms with Crippen LogP contribution < -0.4 is 10.6 Å². The van der Waals surface area contributed by atoms with Crippen LogP contribution in [-0.4, -0.2) is 21.6 Å². The predicted molar refractivity (Wildman–Crippen MR) is 124 cm³/mol. The molecule has 0 radical (unpaired) electrons. The van der Waals surface area contributed by atoms with Crippen LogP contribution in [0.15, 0.2) is 84.0 Å². The minimum Gasteiger partial charge on any atom is -0.365 e. The number of alkyl halides is 3. The Kier molecular flexibility index (Phi) is 6.79. The van der Waals surface area contributed by atoms with Crippen molar-refractivity contribution in [2.24, 2.45) is 0 Å². The number of fused-ring (bicyclic) bond motifs is 1. The Bertz CT molecular complexity index is 1270. The Morgan fingerprint density at radius 1 is 0.909 bits per heavy atom. The highest BCUT2D eigenvalue weighted by atomic mass is 32.2. The summed E-state index contributed by atoms with van der Waals surface area (Å²) in [5.41, 5.74) is 1.08. The Morgan fingerprint density at radius 3 is 2.45 bits per heavy atom. The third kappa shape index (κ3) is 6.01. The lowest BCUT2D eigenvalue weighted by molar-refractivity contribution is -0.137. The van der Waals surface area contributed by atoms with E-state index in [1.54, 1.807) is 0 Å². The lowest BCUT2D eigenvalue weighted by Gasteiger charge is -2.11. The highest BCUT2D eigenvalue weighted by molar-refractivity contribution is 7.99. The zero-order valence-electron chi connectivity index (χ0n) is 17.3. The molecule has 33 heavy (non-hydrogen) atoms. The number of halogens is 3. The second-order valence-corrected chi connectivity index (χ2v) is 8.07. The van der Waals surface area contributed by atoms with Gasteiger partial charge in [-0.25, -0.2) is 9.97 Å². The molecule has 0 aliphatic carbocycles. The summed E-state index contributed by atoms with van der Waals surface area (Å²) in [6.45, 7) is 0.571. The molecule has 0 saturated heterocycles. The number of benzene rings is 3. The SMILES string of the molecule is O=C(CSc1nc(NCc2ccccc2)c2ccccc2n1)Nc1cccc(C(F)(F)F)c1. The smallest absolute Gasteiger partial charge is 0.365 e. The molecule has 1 amide bonds. The molecule has 0 atom stereocenters. The second kappa shape index (κ2) is 9.91. The number of amides is 1. The van der Waals surface area contributed by atoms with Crippen molar-refractivity contribution in [2.75, 3.05) is 16.4 Å². The van der Waals surface area contributed by atoms with Gasteiger partial charge in [0.25, 0.3) is 0 Å². The fourth-order valence-corrected chi connectivity index (χ4v) is 3.79. The van der Waals surface area contributed by atoms with E-state index in [2.05, 4.69) is 20.6 Å². The van der Waals surface area contributed by atoms with Gasteiger partial charge >= 0.3 is 6.18 Å². The van der Waals surface area contributed by atoms with Gasteiger partial charge in [-0.1, -0.05) is 60.3 Å². The molecule has 4 aromatic rings. The first-order valence-electron chi connectivity index (χ1n) is 10.0. The number of rotatable bonds is 7. The summed E-state index contributed by atoms with van der Waals surface area (Å²) >= 11 is 1.11. The maximum absolute atomic E-state index is 12.9. The summed E-state index contributed by atoms with van der Waals surface area (Å²) in [7, 11) is 0. The summed E-state index contributed by atoms with van der Waals surface area (Å²) in [5, 5.41) is 7.06. The molecule has 5 nitrogen and oxygen atoms in total. The normalized spacial score (nSPS) is 11.4. The first-order chi connectivity index (χ1) is 15.9. The molecule has 3 aromatic carbocycles. The van der Waals surface area contributed by atoms with Gasteiger partial charge in [-0.3, -0.25) is 4.79 Å². The number of carbonyl (C=O) groups excluding carboxylic acids is 1. The minimum absolute atomic E-state index is 0.0489. The number of anilines is 2. The quantitative estimate of drug-likeness (QED) is 0.258. The average Bonchev–Trinajstić information content (AvgIpc) is 2.81. The second-order valence-electron chi connectivity index (χ2n) is 7.13. The van der Waals surface area contributed by atoms with Crippen LogP contribution in [0.3, 0.4) is 0 Å². The van der Waals surface area contributed by atoms with Crippen molar-refractivity contribution in [1.29, 1.82) is 0 Å². The molecule has 4 rings (SSSR count). The molecule has 0 unspecified atom stereocenters. The molecule has 2 N–H and O–H groups in total. The first-order valence-corrected chi connectivity index (χ1v) is 11.0. The van der Waals surface area contributed by atoms with Crippen molar-refractivity contribution in [3.8, 4) is 0 Å². The van der Waals surface area contributed by atoms with Gasteiger partial charge in [0.1, 0.15) is 5.82 Å².